The first-order valence-electron chi connectivity index (χ1n) is 6.09. The number of imide groups is 1. The summed E-state index contributed by atoms with van der Waals surface area (Å²) in [4.78, 5) is 35.1. The third kappa shape index (κ3) is 2.99. The van der Waals surface area contributed by atoms with Crippen LogP contribution in [0.25, 0.3) is 0 Å². The summed E-state index contributed by atoms with van der Waals surface area (Å²) in [7, 11) is 0. The molecule has 5 nitrogen and oxygen atoms in total. The van der Waals surface area contributed by atoms with E-state index in [9.17, 15) is 14.4 Å². The fourth-order valence-electron chi connectivity index (χ4n) is 2.32. The van der Waals surface area contributed by atoms with E-state index < -0.39 is 24.3 Å². The minimum Gasteiger partial charge on any atom is -0.480 e. The molecular formula is C14H15NO4. The zero-order valence-corrected chi connectivity index (χ0v) is 10.6. The van der Waals surface area contributed by atoms with Crippen LogP contribution in [0.1, 0.15) is 29.9 Å². The van der Waals surface area contributed by atoms with E-state index in [1.807, 2.05) is 31.2 Å². The van der Waals surface area contributed by atoms with Gasteiger partial charge in [0.05, 0.1) is 0 Å². The van der Waals surface area contributed by atoms with E-state index in [4.69, 9.17) is 5.11 Å². The highest BCUT2D eigenvalue weighted by atomic mass is 16.4. The number of carboxylic acids is 1. The van der Waals surface area contributed by atoms with Gasteiger partial charge in [0.25, 0.3) is 0 Å². The molecule has 1 fully saturated rings. The number of nitrogens with zero attached hydrogens (tertiary/aromatic N) is 1. The fraction of sp³-hybridized carbons (Fsp3) is 0.357. The minimum atomic E-state index is -1.17. The number of piperidine rings is 1. The van der Waals surface area contributed by atoms with Gasteiger partial charge < -0.3 is 5.11 Å². The average Bonchev–Trinajstić information content (AvgIpc) is 2.33. The number of hydrogen-bond acceptors (Lipinski definition) is 3. The molecule has 1 heterocycles. The Morgan fingerprint density at radius 2 is 1.95 bits per heavy atom. The number of aliphatic carboxylic acids is 1. The number of benzene rings is 1. The number of carbonyl (C=O) groups is 3. The Kier molecular flexibility index (Phi) is 3.64. The lowest BCUT2D eigenvalue weighted by molar-refractivity contribution is -0.155. The number of hydrogen-bond donors (Lipinski definition) is 1. The minimum absolute atomic E-state index is 0.148. The van der Waals surface area contributed by atoms with Gasteiger partial charge in [-0.15, -0.1) is 0 Å². The topological polar surface area (TPSA) is 74.7 Å². The molecule has 0 aliphatic carbocycles. The standard InChI is InChI=1S/C14H15NO4/c1-9-3-2-4-10(5-9)11-6-12(16)15(8-14(18)19)13(17)7-11/h2-5,11H,6-8H2,1H3,(H,18,19). The maximum atomic E-state index is 11.9. The van der Waals surface area contributed by atoms with Crippen LogP contribution in [0.3, 0.4) is 0 Å². The summed E-state index contributed by atoms with van der Waals surface area (Å²) in [6.45, 7) is 1.41. The maximum absolute atomic E-state index is 11.9. The molecule has 100 valence electrons. The molecule has 1 aliphatic rings. The molecule has 0 radical (unpaired) electrons. The molecule has 19 heavy (non-hydrogen) atoms. The van der Waals surface area contributed by atoms with Crippen molar-refractivity contribution >= 4 is 17.8 Å². The lowest BCUT2D eigenvalue weighted by atomic mass is 9.88. The van der Waals surface area contributed by atoms with E-state index in [0.717, 1.165) is 16.0 Å². The third-order valence-electron chi connectivity index (χ3n) is 3.25. The summed E-state index contributed by atoms with van der Waals surface area (Å²) >= 11 is 0. The van der Waals surface area contributed by atoms with Crippen molar-refractivity contribution in [2.75, 3.05) is 6.54 Å². The Bertz CT molecular complexity index is 520. The molecule has 1 aliphatic heterocycles. The number of amides is 2. The van der Waals surface area contributed by atoms with Crippen molar-refractivity contribution in [3.63, 3.8) is 0 Å². The van der Waals surface area contributed by atoms with Gasteiger partial charge in [0, 0.05) is 18.8 Å². The molecule has 2 amide bonds. The molecule has 0 unspecified atom stereocenters. The van der Waals surface area contributed by atoms with Crippen LogP contribution >= 0.6 is 0 Å². The van der Waals surface area contributed by atoms with Crippen molar-refractivity contribution in [2.24, 2.45) is 0 Å². The molecule has 1 aromatic carbocycles. The number of carbonyl (C=O) groups excluding carboxylic acids is 2. The Morgan fingerprint density at radius 3 is 2.47 bits per heavy atom. The Hall–Kier alpha value is -2.17. The second-order valence-electron chi connectivity index (χ2n) is 4.79. The number of rotatable bonds is 3. The van der Waals surface area contributed by atoms with Crippen LogP contribution < -0.4 is 0 Å². The molecule has 1 saturated heterocycles. The summed E-state index contributed by atoms with van der Waals surface area (Å²) in [5.74, 6) is -2.14. The third-order valence-corrected chi connectivity index (χ3v) is 3.25. The highest BCUT2D eigenvalue weighted by Crippen LogP contribution is 2.29. The molecule has 0 spiro atoms. The van der Waals surface area contributed by atoms with Crippen molar-refractivity contribution in [3.05, 3.63) is 35.4 Å². The second-order valence-corrected chi connectivity index (χ2v) is 4.79. The van der Waals surface area contributed by atoms with Crippen LogP contribution in [0.15, 0.2) is 24.3 Å². The Balaban J connectivity index is 2.15. The molecule has 1 N–H and O–H groups in total. The van der Waals surface area contributed by atoms with Gasteiger partial charge in [-0.25, -0.2) is 0 Å². The van der Waals surface area contributed by atoms with Gasteiger partial charge in [-0.2, -0.15) is 0 Å². The Labute approximate surface area is 110 Å². The van der Waals surface area contributed by atoms with Gasteiger partial charge in [-0.1, -0.05) is 29.8 Å². The second kappa shape index (κ2) is 5.22. The highest BCUT2D eigenvalue weighted by molar-refractivity contribution is 6.00. The summed E-state index contributed by atoms with van der Waals surface area (Å²) in [6.07, 6.45) is 0.366. The zero-order chi connectivity index (χ0) is 14.0. The molecule has 1 aromatic rings. The predicted octanol–water partition coefficient (Wildman–Crippen LogP) is 1.31. The monoisotopic (exact) mass is 261 g/mol. The van der Waals surface area contributed by atoms with E-state index in [-0.39, 0.29) is 18.8 Å². The van der Waals surface area contributed by atoms with E-state index in [1.54, 1.807) is 0 Å². The van der Waals surface area contributed by atoms with Crippen molar-refractivity contribution in [1.29, 1.82) is 0 Å². The fourth-order valence-corrected chi connectivity index (χ4v) is 2.32. The average molecular weight is 261 g/mol. The van der Waals surface area contributed by atoms with Crippen LogP contribution in [0.2, 0.25) is 0 Å². The molecule has 0 bridgehead atoms. The van der Waals surface area contributed by atoms with Crippen molar-refractivity contribution < 1.29 is 19.5 Å². The first kappa shape index (κ1) is 13.3. The summed E-state index contributed by atoms with van der Waals surface area (Å²) in [5.41, 5.74) is 2.03. The lowest BCUT2D eigenvalue weighted by Crippen LogP contribution is -2.45. The molecule has 0 aromatic heterocycles. The van der Waals surface area contributed by atoms with Crippen LogP contribution in [0.5, 0.6) is 0 Å². The van der Waals surface area contributed by atoms with Gasteiger partial charge >= 0.3 is 5.97 Å². The summed E-state index contributed by atoms with van der Waals surface area (Å²) < 4.78 is 0. The lowest BCUT2D eigenvalue weighted by Gasteiger charge is -2.29. The number of carboxylic acid groups (broad SMARTS) is 1. The first-order chi connectivity index (χ1) is 8.97. The van der Waals surface area contributed by atoms with Gasteiger partial charge in [0.2, 0.25) is 11.8 Å². The van der Waals surface area contributed by atoms with E-state index in [1.165, 1.54) is 0 Å². The van der Waals surface area contributed by atoms with Gasteiger partial charge in [-0.05, 0) is 12.5 Å². The van der Waals surface area contributed by atoms with Crippen molar-refractivity contribution in [1.82, 2.24) is 4.90 Å². The maximum Gasteiger partial charge on any atom is 0.323 e. The zero-order valence-electron chi connectivity index (χ0n) is 10.6. The number of likely N-dealkylation sites (tertiary alicyclic amines) is 1. The van der Waals surface area contributed by atoms with Crippen LogP contribution in [-0.4, -0.2) is 34.3 Å². The SMILES string of the molecule is Cc1cccc(C2CC(=O)N(CC(=O)O)C(=O)C2)c1. The van der Waals surface area contributed by atoms with Gasteiger partial charge in [-0.3, -0.25) is 19.3 Å². The normalized spacial score (nSPS) is 16.8. The van der Waals surface area contributed by atoms with Crippen LogP contribution in [0, 0.1) is 6.92 Å². The van der Waals surface area contributed by atoms with E-state index in [2.05, 4.69) is 0 Å². The smallest absolute Gasteiger partial charge is 0.323 e. The van der Waals surface area contributed by atoms with E-state index >= 15 is 0 Å². The molecular weight excluding hydrogens is 246 g/mol. The highest BCUT2D eigenvalue weighted by Gasteiger charge is 2.34. The molecule has 0 saturated carbocycles. The van der Waals surface area contributed by atoms with Crippen molar-refractivity contribution in [3.8, 4) is 0 Å². The Morgan fingerprint density at radius 1 is 1.32 bits per heavy atom. The van der Waals surface area contributed by atoms with Crippen molar-refractivity contribution in [2.45, 2.75) is 25.7 Å². The summed E-state index contributed by atoms with van der Waals surface area (Å²) in [6, 6.07) is 7.69. The first-order valence-corrected chi connectivity index (χ1v) is 6.09. The summed E-state index contributed by atoms with van der Waals surface area (Å²) in [5, 5.41) is 8.67. The van der Waals surface area contributed by atoms with Gasteiger partial charge in [0.15, 0.2) is 0 Å². The van der Waals surface area contributed by atoms with Crippen LogP contribution in [0.4, 0.5) is 0 Å². The van der Waals surface area contributed by atoms with Gasteiger partial charge in [0.1, 0.15) is 6.54 Å². The predicted molar refractivity (Wildman–Crippen MR) is 67.5 cm³/mol. The number of aryl methyl sites for hydroxylation is 1. The molecule has 2 rings (SSSR count). The van der Waals surface area contributed by atoms with Crippen LogP contribution in [-0.2, 0) is 14.4 Å². The van der Waals surface area contributed by atoms with E-state index in [0.29, 0.717) is 0 Å². The largest absolute Gasteiger partial charge is 0.480 e. The molecule has 5 heteroatoms. The quantitative estimate of drug-likeness (QED) is 0.832. The molecule has 0 atom stereocenters.